The Hall–Kier alpha value is -1.68. The predicted octanol–water partition coefficient (Wildman–Crippen LogP) is 1.94. The van der Waals surface area contributed by atoms with Crippen LogP contribution in [0.15, 0.2) is 30.5 Å². The van der Waals surface area contributed by atoms with E-state index in [0.717, 1.165) is 11.3 Å². The fourth-order valence-electron chi connectivity index (χ4n) is 1.53. The van der Waals surface area contributed by atoms with Gasteiger partial charge >= 0.3 is 0 Å². The van der Waals surface area contributed by atoms with Crippen LogP contribution in [0.5, 0.6) is 0 Å². The minimum atomic E-state index is -0.237. The Morgan fingerprint density at radius 3 is 2.93 bits per heavy atom. The number of halogens is 1. The normalized spacial score (nSPS) is 10.5. The molecule has 0 spiro atoms. The van der Waals surface area contributed by atoms with Gasteiger partial charge in [0.05, 0.1) is 11.9 Å². The number of rotatable bonds is 3. The van der Waals surface area contributed by atoms with Crippen molar-refractivity contribution in [2.24, 2.45) is 0 Å². The zero-order chi connectivity index (χ0) is 10.7. The van der Waals surface area contributed by atoms with Crippen molar-refractivity contribution in [3.05, 3.63) is 41.8 Å². The average molecular weight is 205 g/mol. The number of aromatic amines is 1. The van der Waals surface area contributed by atoms with E-state index in [9.17, 15) is 4.39 Å². The summed E-state index contributed by atoms with van der Waals surface area (Å²) in [5, 5.41) is 9.76. The van der Waals surface area contributed by atoms with Crippen LogP contribution in [0.4, 0.5) is 4.39 Å². The highest BCUT2D eigenvalue weighted by Crippen LogP contribution is 2.23. The predicted molar refractivity (Wildman–Crippen MR) is 56.7 cm³/mol. The lowest BCUT2D eigenvalue weighted by molar-refractivity contribution is 0.630. The van der Waals surface area contributed by atoms with Crippen LogP contribution in [-0.4, -0.2) is 17.2 Å². The van der Waals surface area contributed by atoms with Crippen LogP contribution in [0.1, 0.15) is 5.56 Å². The molecule has 0 aliphatic heterocycles. The van der Waals surface area contributed by atoms with E-state index < -0.39 is 0 Å². The third kappa shape index (κ3) is 1.89. The SMILES string of the molecule is CNCc1cn[nH]c1-c1ccccc1F. The highest BCUT2D eigenvalue weighted by atomic mass is 19.1. The fourth-order valence-corrected chi connectivity index (χ4v) is 1.53. The van der Waals surface area contributed by atoms with Crippen LogP contribution in [-0.2, 0) is 6.54 Å². The smallest absolute Gasteiger partial charge is 0.132 e. The molecule has 0 radical (unpaired) electrons. The second-order valence-corrected chi connectivity index (χ2v) is 3.28. The van der Waals surface area contributed by atoms with Gasteiger partial charge in [-0.25, -0.2) is 4.39 Å². The molecule has 0 saturated carbocycles. The summed E-state index contributed by atoms with van der Waals surface area (Å²) in [6.45, 7) is 0.667. The Balaban J connectivity index is 2.45. The van der Waals surface area contributed by atoms with E-state index in [1.54, 1.807) is 18.3 Å². The van der Waals surface area contributed by atoms with E-state index in [2.05, 4.69) is 15.5 Å². The number of H-pyrrole nitrogens is 1. The minimum Gasteiger partial charge on any atom is -0.316 e. The van der Waals surface area contributed by atoms with E-state index in [0.29, 0.717) is 12.1 Å². The Morgan fingerprint density at radius 2 is 2.20 bits per heavy atom. The van der Waals surface area contributed by atoms with Gasteiger partial charge in [-0.3, -0.25) is 5.10 Å². The highest BCUT2D eigenvalue weighted by Gasteiger charge is 2.10. The highest BCUT2D eigenvalue weighted by molar-refractivity contribution is 5.63. The second-order valence-electron chi connectivity index (χ2n) is 3.28. The summed E-state index contributed by atoms with van der Waals surface area (Å²) < 4.78 is 13.5. The van der Waals surface area contributed by atoms with Crippen molar-refractivity contribution in [2.75, 3.05) is 7.05 Å². The molecule has 2 rings (SSSR count). The van der Waals surface area contributed by atoms with Crippen molar-refractivity contribution >= 4 is 0 Å². The number of hydrogen-bond acceptors (Lipinski definition) is 2. The summed E-state index contributed by atoms with van der Waals surface area (Å²) in [6.07, 6.45) is 1.71. The second kappa shape index (κ2) is 4.23. The zero-order valence-corrected chi connectivity index (χ0v) is 8.42. The average Bonchev–Trinajstić information content (AvgIpc) is 2.67. The molecule has 0 fully saturated rings. The molecule has 0 amide bonds. The van der Waals surface area contributed by atoms with Crippen molar-refractivity contribution in [3.63, 3.8) is 0 Å². The van der Waals surface area contributed by atoms with Gasteiger partial charge in [-0.1, -0.05) is 12.1 Å². The Kier molecular flexibility index (Phi) is 2.78. The lowest BCUT2D eigenvalue weighted by atomic mass is 10.1. The van der Waals surface area contributed by atoms with Crippen molar-refractivity contribution in [1.82, 2.24) is 15.5 Å². The van der Waals surface area contributed by atoms with Crippen molar-refractivity contribution < 1.29 is 4.39 Å². The molecule has 0 saturated heterocycles. The Labute approximate surface area is 87.3 Å². The summed E-state index contributed by atoms with van der Waals surface area (Å²) >= 11 is 0. The maximum Gasteiger partial charge on any atom is 0.132 e. The van der Waals surface area contributed by atoms with Gasteiger partial charge in [0.15, 0.2) is 0 Å². The largest absolute Gasteiger partial charge is 0.316 e. The molecule has 1 aromatic carbocycles. The van der Waals surface area contributed by atoms with Gasteiger partial charge in [-0.2, -0.15) is 5.10 Å². The number of aromatic nitrogens is 2. The number of benzene rings is 1. The van der Waals surface area contributed by atoms with Crippen molar-refractivity contribution in [3.8, 4) is 11.3 Å². The summed E-state index contributed by atoms with van der Waals surface area (Å²) in [5.74, 6) is -0.237. The van der Waals surface area contributed by atoms with E-state index in [1.807, 2.05) is 13.1 Å². The first kappa shape index (κ1) is 9.86. The van der Waals surface area contributed by atoms with Crippen LogP contribution in [0, 0.1) is 5.82 Å². The molecule has 0 aliphatic carbocycles. The maximum absolute atomic E-state index is 13.5. The molecule has 1 heterocycles. The van der Waals surface area contributed by atoms with Crippen LogP contribution in [0.2, 0.25) is 0 Å². The van der Waals surface area contributed by atoms with E-state index in [-0.39, 0.29) is 5.82 Å². The van der Waals surface area contributed by atoms with Crippen molar-refractivity contribution in [2.45, 2.75) is 6.54 Å². The lowest BCUT2D eigenvalue weighted by Crippen LogP contribution is -2.05. The molecular weight excluding hydrogens is 193 g/mol. The van der Waals surface area contributed by atoms with Crippen molar-refractivity contribution in [1.29, 1.82) is 0 Å². The standard InChI is InChI=1S/C11H12FN3/c1-13-6-8-7-14-15-11(8)9-4-2-3-5-10(9)12/h2-5,7,13H,6H2,1H3,(H,14,15). The molecule has 2 aromatic rings. The molecule has 4 heteroatoms. The summed E-state index contributed by atoms with van der Waals surface area (Å²) in [4.78, 5) is 0. The third-order valence-electron chi connectivity index (χ3n) is 2.23. The molecule has 0 unspecified atom stereocenters. The van der Waals surface area contributed by atoms with E-state index in [4.69, 9.17) is 0 Å². The summed E-state index contributed by atoms with van der Waals surface area (Å²) in [6, 6.07) is 6.66. The summed E-state index contributed by atoms with van der Waals surface area (Å²) in [7, 11) is 1.85. The minimum absolute atomic E-state index is 0.237. The molecule has 0 aliphatic rings. The van der Waals surface area contributed by atoms with Gasteiger partial charge in [0, 0.05) is 17.7 Å². The van der Waals surface area contributed by atoms with Gasteiger partial charge < -0.3 is 5.32 Å². The van der Waals surface area contributed by atoms with Crippen LogP contribution in [0.3, 0.4) is 0 Å². The summed E-state index contributed by atoms with van der Waals surface area (Å²) in [5.41, 5.74) is 2.25. The molecule has 1 aromatic heterocycles. The molecule has 0 bridgehead atoms. The maximum atomic E-state index is 13.5. The molecule has 2 N–H and O–H groups in total. The van der Waals surface area contributed by atoms with Gasteiger partial charge in [0.1, 0.15) is 5.82 Å². The first-order valence-electron chi connectivity index (χ1n) is 4.74. The topological polar surface area (TPSA) is 40.7 Å². The van der Waals surface area contributed by atoms with Crippen LogP contribution in [0.25, 0.3) is 11.3 Å². The zero-order valence-electron chi connectivity index (χ0n) is 8.42. The van der Waals surface area contributed by atoms with Gasteiger partial charge in [0.2, 0.25) is 0 Å². The number of nitrogens with one attached hydrogen (secondary N) is 2. The lowest BCUT2D eigenvalue weighted by Gasteiger charge is -2.03. The Morgan fingerprint density at radius 1 is 1.40 bits per heavy atom. The van der Waals surface area contributed by atoms with Gasteiger partial charge in [-0.15, -0.1) is 0 Å². The fraction of sp³-hybridized carbons (Fsp3) is 0.182. The number of hydrogen-bond donors (Lipinski definition) is 2. The molecular formula is C11H12FN3. The van der Waals surface area contributed by atoms with Crippen LogP contribution >= 0.6 is 0 Å². The molecule has 3 nitrogen and oxygen atoms in total. The Bertz CT molecular complexity index is 451. The first-order chi connectivity index (χ1) is 7.33. The monoisotopic (exact) mass is 205 g/mol. The molecule has 15 heavy (non-hydrogen) atoms. The van der Waals surface area contributed by atoms with Gasteiger partial charge in [0.25, 0.3) is 0 Å². The quantitative estimate of drug-likeness (QED) is 0.803. The van der Waals surface area contributed by atoms with Crippen LogP contribution < -0.4 is 5.32 Å². The first-order valence-corrected chi connectivity index (χ1v) is 4.74. The third-order valence-corrected chi connectivity index (χ3v) is 2.23. The number of nitrogens with zero attached hydrogens (tertiary/aromatic N) is 1. The van der Waals surface area contributed by atoms with Gasteiger partial charge in [-0.05, 0) is 19.2 Å². The van der Waals surface area contributed by atoms with E-state index in [1.165, 1.54) is 6.07 Å². The van der Waals surface area contributed by atoms with E-state index >= 15 is 0 Å². The molecule has 0 atom stereocenters. The molecule has 78 valence electrons.